The normalized spacial score (nSPS) is 12.4. The van der Waals surface area contributed by atoms with Crippen LogP contribution in [-0.4, -0.2) is 180 Å². The molecule has 0 unspecified atom stereocenters. The quantitative estimate of drug-likeness (QED) is 0.0625. The number of alkyl carbamates (subject to hydrolysis) is 1. The molecule has 0 saturated carbocycles. The number of benzene rings is 3. The van der Waals surface area contributed by atoms with E-state index < -0.39 is 16.2 Å². The second-order valence-corrected chi connectivity index (χ2v) is 15.7. The Balaban J connectivity index is 0.767. The zero-order valence-corrected chi connectivity index (χ0v) is 37.9. The van der Waals surface area contributed by atoms with Crippen molar-refractivity contribution in [3.05, 3.63) is 89.5 Å². The lowest BCUT2D eigenvalue weighted by atomic mass is 9.98. The Bertz CT molecular complexity index is 1720. The first-order valence-electron chi connectivity index (χ1n) is 21.9. The third-order valence-electron chi connectivity index (χ3n) is 9.36. The minimum absolute atomic E-state index is 0.0286. The van der Waals surface area contributed by atoms with Gasteiger partial charge in [-0.25, -0.2) is 4.79 Å². The number of hydrogen-bond donors (Lipinski definition) is 1. The lowest BCUT2D eigenvalue weighted by molar-refractivity contribution is -0.0276. The minimum atomic E-state index is -3.79. The third kappa shape index (κ3) is 22.5. The molecular weight excluding hydrogens is 855 g/mol. The molecule has 0 atom stereocenters. The van der Waals surface area contributed by atoms with Crippen molar-refractivity contribution in [3.8, 4) is 11.1 Å². The topological polar surface area (TPSA) is 183 Å². The third-order valence-corrected chi connectivity index (χ3v) is 10.7. The Labute approximate surface area is 378 Å². The molecule has 0 spiro atoms. The largest absolute Gasteiger partial charge is 0.449 e. The molecule has 1 aliphatic carbocycles. The van der Waals surface area contributed by atoms with Gasteiger partial charge in [-0.1, -0.05) is 66.2 Å². The molecule has 0 radical (unpaired) electrons. The van der Waals surface area contributed by atoms with Gasteiger partial charge in [0.15, 0.2) is 0 Å². The minimum Gasteiger partial charge on any atom is -0.449 e. The van der Waals surface area contributed by atoms with Crippen LogP contribution in [0.4, 0.5) is 4.79 Å². The second-order valence-electron chi connectivity index (χ2n) is 14.1. The Hall–Kier alpha value is -3.60. The van der Waals surface area contributed by atoms with E-state index in [1.165, 1.54) is 34.4 Å². The summed E-state index contributed by atoms with van der Waals surface area (Å²) in [5.41, 5.74) is 5.72. The van der Waals surface area contributed by atoms with Gasteiger partial charge in [0, 0.05) is 12.5 Å². The number of carbonyl (C=O) groups is 1. The molecule has 1 amide bonds. The lowest BCUT2D eigenvalue weighted by Gasteiger charge is -2.14. The molecule has 0 bridgehead atoms. The van der Waals surface area contributed by atoms with Crippen molar-refractivity contribution < 1.29 is 74.2 Å². The molecule has 3 aromatic rings. The first-order chi connectivity index (χ1) is 31.5. The van der Waals surface area contributed by atoms with Crippen molar-refractivity contribution in [1.82, 2.24) is 5.32 Å². The summed E-state index contributed by atoms with van der Waals surface area (Å²) in [4.78, 5) is 12.4. The number of aryl methyl sites for hydroxylation is 1. The molecule has 0 heterocycles. The van der Waals surface area contributed by atoms with Crippen LogP contribution >= 0.6 is 0 Å². The van der Waals surface area contributed by atoms with Crippen LogP contribution in [0.25, 0.3) is 11.1 Å². The summed E-state index contributed by atoms with van der Waals surface area (Å²) < 4.78 is 95.1. The molecule has 64 heavy (non-hydrogen) atoms. The van der Waals surface area contributed by atoms with E-state index in [1.54, 1.807) is 12.1 Å². The van der Waals surface area contributed by atoms with E-state index >= 15 is 0 Å². The summed E-state index contributed by atoms with van der Waals surface area (Å²) in [6, 6.07) is 23.0. The Kier molecular flexibility index (Phi) is 28.0. The standard InChI is InChI=1S/C46H67NO16S/c1-39-10-12-40(13-11-39)64(49,50)63-37-36-61-35-34-60-33-32-59-31-30-58-29-28-57-27-26-56-25-24-55-23-22-54-21-20-53-19-18-52-17-16-51-15-14-47-46(48)62-38-45-43-8-4-2-6-41(43)42-7-3-5-9-44(42)45/h2-13,45H,14-38H2,1H3,(H,47,48). The summed E-state index contributed by atoms with van der Waals surface area (Å²) in [6.07, 6.45) is -0.460. The van der Waals surface area contributed by atoms with E-state index in [0.717, 1.165) is 5.56 Å². The second kappa shape index (κ2) is 33.8. The number of nitrogens with one attached hydrogen (secondary N) is 1. The average Bonchev–Trinajstić information content (AvgIpc) is 3.62. The summed E-state index contributed by atoms with van der Waals surface area (Å²) in [5, 5.41) is 2.74. The van der Waals surface area contributed by atoms with Gasteiger partial charge in [0.05, 0.1) is 157 Å². The van der Waals surface area contributed by atoms with Gasteiger partial charge in [-0.05, 0) is 41.3 Å². The molecule has 358 valence electrons. The van der Waals surface area contributed by atoms with Gasteiger partial charge in [-0.15, -0.1) is 0 Å². The van der Waals surface area contributed by atoms with Crippen molar-refractivity contribution in [2.45, 2.75) is 17.7 Å². The van der Waals surface area contributed by atoms with Crippen LogP contribution in [0.15, 0.2) is 77.7 Å². The molecule has 4 rings (SSSR count). The Morgan fingerprint density at radius 2 is 0.781 bits per heavy atom. The molecule has 0 fully saturated rings. The first-order valence-corrected chi connectivity index (χ1v) is 23.3. The van der Waals surface area contributed by atoms with E-state index in [0.29, 0.717) is 145 Å². The number of carbonyl (C=O) groups excluding carboxylic acids is 1. The summed E-state index contributed by atoms with van der Waals surface area (Å²) >= 11 is 0. The Morgan fingerprint density at radius 3 is 1.16 bits per heavy atom. The number of hydrogen-bond acceptors (Lipinski definition) is 16. The van der Waals surface area contributed by atoms with Crippen LogP contribution in [-0.2, 0) is 71.1 Å². The number of fused-ring (bicyclic) bond motifs is 3. The predicted molar refractivity (Wildman–Crippen MR) is 236 cm³/mol. The summed E-state index contributed by atoms with van der Waals surface area (Å²) in [5.74, 6) is 0.0286. The monoisotopic (exact) mass is 921 g/mol. The number of rotatable bonds is 40. The van der Waals surface area contributed by atoms with E-state index in [-0.39, 0.29) is 30.6 Å². The van der Waals surface area contributed by atoms with Crippen LogP contribution in [0.1, 0.15) is 22.6 Å². The smallest absolute Gasteiger partial charge is 0.407 e. The van der Waals surface area contributed by atoms with E-state index in [2.05, 4.69) is 29.6 Å². The van der Waals surface area contributed by atoms with E-state index in [9.17, 15) is 13.2 Å². The highest BCUT2D eigenvalue weighted by atomic mass is 32.2. The summed E-state index contributed by atoms with van der Waals surface area (Å²) in [6.45, 7) is 11.8. The molecule has 0 aliphatic heterocycles. The molecule has 3 aromatic carbocycles. The zero-order valence-electron chi connectivity index (χ0n) is 37.1. The van der Waals surface area contributed by atoms with Gasteiger partial charge in [0.25, 0.3) is 10.1 Å². The molecule has 17 nitrogen and oxygen atoms in total. The van der Waals surface area contributed by atoms with Gasteiger partial charge in [-0.2, -0.15) is 8.42 Å². The van der Waals surface area contributed by atoms with Crippen LogP contribution < -0.4 is 5.32 Å². The fraction of sp³-hybridized carbons (Fsp3) is 0.587. The highest BCUT2D eigenvalue weighted by Crippen LogP contribution is 2.44. The number of amides is 1. The van der Waals surface area contributed by atoms with E-state index in [4.69, 9.17) is 61.0 Å². The SMILES string of the molecule is Cc1ccc(S(=O)(=O)OCCOCCOCCOCCOCCOCCOCCOCCOCCOCCOCCOCCNC(=O)OCC2c3ccccc3-c3ccccc32)cc1. The van der Waals surface area contributed by atoms with Crippen molar-refractivity contribution in [2.75, 3.05) is 165 Å². The van der Waals surface area contributed by atoms with Gasteiger partial charge >= 0.3 is 6.09 Å². The van der Waals surface area contributed by atoms with Crippen molar-refractivity contribution in [1.29, 1.82) is 0 Å². The molecule has 0 saturated heterocycles. The fourth-order valence-corrected chi connectivity index (χ4v) is 7.04. The average molecular weight is 922 g/mol. The van der Waals surface area contributed by atoms with Crippen molar-refractivity contribution in [3.63, 3.8) is 0 Å². The molecule has 1 N–H and O–H groups in total. The maximum absolute atomic E-state index is 12.3. The van der Waals surface area contributed by atoms with Crippen LogP contribution in [0.3, 0.4) is 0 Å². The lowest BCUT2D eigenvalue weighted by Crippen LogP contribution is -2.29. The van der Waals surface area contributed by atoms with Crippen LogP contribution in [0.5, 0.6) is 0 Å². The van der Waals surface area contributed by atoms with Gasteiger partial charge in [0.2, 0.25) is 0 Å². The fourth-order valence-electron chi connectivity index (χ4n) is 6.15. The predicted octanol–water partition coefficient (Wildman–Crippen LogP) is 4.42. The maximum atomic E-state index is 12.3. The maximum Gasteiger partial charge on any atom is 0.407 e. The van der Waals surface area contributed by atoms with Gasteiger partial charge in [-0.3, -0.25) is 4.18 Å². The highest BCUT2D eigenvalue weighted by Gasteiger charge is 2.29. The van der Waals surface area contributed by atoms with Crippen LogP contribution in [0, 0.1) is 6.92 Å². The zero-order chi connectivity index (χ0) is 45.2. The van der Waals surface area contributed by atoms with Crippen molar-refractivity contribution >= 4 is 16.2 Å². The molecule has 18 heteroatoms. The molecule has 1 aliphatic rings. The molecule has 0 aromatic heterocycles. The summed E-state index contributed by atoms with van der Waals surface area (Å²) in [7, 11) is -3.79. The van der Waals surface area contributed by atoms with Crippen molar-refractivity contribution in [2.24, 2.45) is 0 Å². The van der Waals surface area contributed by atoms with Gasteiger partial charge in [0.1, 0.15) is 6.61 Å². The highest BCUT2D eigenvalue weighted by molar-refractivity contribution is 7.86. The number of ether oxygens (including phenoxy) is 12. The van der Waals surface area contributed by atoms with Gasteiger partial charge < -0.3 is 62.2 Å². The molecular formula is C46H67NO16S. The first kappa shape index (κ1) is 53.0. The van der Waals surface area contributed by atoms with E-state index in [1.807, 2.05) is 31.2 Å². The Morgan fingerprint density at radius 1 is 0.453 bits per heavy atom. The van der Waals surface area contributed by atoms with Crippen LogP contribution in [0.2, 0.25) is 0 Å².